The molecular weight excluding hydrogens is 338 g/mol. The molecule has 1 aliphatic heterocycles. The molecule has 2 heterocycles. The summed E-state index contributed by atoms with van der Waals surface area (Å²) in [6.07, 6.45) is 0. The van der Waals surface area contributed by atoms with Crippen LogP contribution in [0.1, 0.15) is 16.0 Å². The molecule has 0 aliphatic carbocycles. The van der Waals surface area contributed by atoms with E-state index in [1.807, 2.05) is 47.8 Å². The van der Waals surface area contributed by atoms with E-state index >= 15 is 0 Å². The molecule has 1 aliphatic rings. The van der Waals surface area contributed by atoms with Gasteiger partial charge in [-0.15, -0.1) is 11.3 Å². The van der Waals surface area contributed by atoms with Crippen molar-refractivity contribution >= 4 is 46.0 Å². The first-order valence-electron chi connectivity index (χ1n) is 7.54. The van der Waals surface area contributed by atoms with Crippen LogP contribution in [0.4, 0.5) is 11.4 Å². The summed E-state index contributed by atoms with van der Waals surface area (Å²) in [5.74, 6) is 1.48. The number of halogens is 1. The molecular formula is C19H14ClN3S. The zero-order valence-corrected chi connectivity index (χ0v) is 14.5. The molecule has 0 spiro atoms. The van der Waals surface area contributed by atoms with Gasteiger partial charge in [-0.25, -0.2) is 9.98 Å². The number of thiophene rings is 1. The standard InChI is InChI=1S/C19H14ClN3S/c1-12-4-9-15-16(11-12)22-18(13-5-7-14(20)8-6-13)23-19(21-15)17-3-2-10-24-17/h2-11H,1H3,(H,21,22,23). The molecule has 0 fully saturated rings. The largest absolute Gasteiger partial charge is 0.338 e. The summed E-state index contributed by atoms with van der Waals surface area (Å²) in [6, 6.07) is 17.9. The lowest BCUT2D eigenvalue weighted by Crippen LogP contribution is -2.14. The average Bonchev–Trinajstić information content (AvgIpc) is 3.04. The van der Waals surface area contributed by atoms with Crippen molar-refractivity contribution in [2.75, 3.05) is 5.32 Å². The fourth-order valence-corrected chi connectivity index (χ4v) is 3.29. The van der Waals surface area contributed by atoms with E-state index in [0.29, 0.717) is 10.9 Å². The van der Waals surface area contributed by atoms with Crippen LogP contribution in [-0.4, -0.2) is 11.7 Å². The molecule has 0 atom stereocenters. The molecule has 3 aromatic rings. The number of amidine groups is 2. The number of hydrogen-bond acceptors (Lipinski definition) is 4. The van der Waals surface area contributed by atoms with Gasteiger partial charge in [0.15, 0.2) is 5.84 Å². The summed E-state index contributed by atoms with van der Waals surface area (Å²) in [6.45, 7) is 2.07. The number of benzene rings is 2. The van der Waals surface area contributed by atoms with Gasteiger partial charge < -0.3 is 5.32 Å². The van der Waals surface area contributed by atoms with E-state index < -0.39 is 0 Å². The Morgan fingerprint density at radius 2 is 1.83 bits per heavy atom. The zero-order valence-electron chi connectivity index (χ0n) is 13.0. The summed E-state index contributed by atoms with van der Waals surface area (Å²) in [5.41, 5.74) is 3.98. The predicted octanol–water partition coefficient (Wildman–Crippen LogP) is 5.66. The van der Waals surface area contributed by atoms with E-state index in [1.54, 1.807) is 11.3 Å². The van der Waals surface area contributed by atoms with Gasteiger partial charge in [0.25, 0.3) is 0 Å². The molecule has 118 valence electrons. The Balaban J connectivity index is 1.88. The molecule has 0 saturated carbocycles. The maximum Gasteiger partial charge on any atom is 0.172 e. The van der Waals surface area contributed by atoms with Gasteiger partial charge in [0.05, 0.1) is 16.3 Å². The summed E-state index contributed by atoms with van der Waals surface area (Å²) in [4.78, 5) is 10.6. The Hall–Kier alpha value is -2.43. The first-order valence-corrected chi connectivity index (χ1v) is 8.80. The number of hydrogen-bond donors (Lipinski definition) is 1. The van der Waals surface area contributed by atoms with Crippen molar-refractivity contribution in [3.63, 3.8) is 0 Å². The van der Waals surface area contributed by atoms with Gasteiger partial charge in [-0.3, -0.25) is 0 Å². The Morgan fingerprint density at radius 1 is 1.00 bits per heavy atom. The average molecular weight is 352 g/mol. The van der Waals surface area contributed by atoms with E-state index in [-0.39, 0.29) is 0 Å². The minimum absolute atomic E-state index is 0.705. The molecule has 0 amide bonds. The minimum Gasteiger partial charge on any atom is -0.338 e. The molecule has 1 aromatic heterocycles. The van der Waals surface area contributed by atoms with E-state index in [9.17, 15) is 0 Å². The molecule has 0 saturated heterocycles. The van der Waals surface area contributed by atoms with Gasteiger partial charge in [-0.1, -0.05) is 23.7 Å². The van der Waals surface area contributed by atoms with Crippen LogP contribution in [0.25, 0.3) is 0 Å². The van der Waals surface area contributed by atoms with Crippen LogP contribution < -0.4 is 5.32 Å². The van der Waals surface area contributed by atoms with E-state index in [4.69, 9.17) is 21.6 Å². The lowest BCUT2D eigenvalue weighted by atomic mass is 10.1. The summed E-state index contributed by atoms with van der Waals surface area (Å²) >= 11 is 7.64. The normalized spacial score (nSPS) is 13.4. The third-order valence-electron chi connectivity index (χ3n) is 3.71. The highest BCUT2D eigenvalue weighted by Gasteiger charge is 2.16. The van der Waals surface area contributed by atoms with Gasteiger partial charge >= 0.3 is 0 Å². The number of fused-ring (bicyclic) bond motifs is 1. The second-order valence-corrected chi connectivity index (χ2v) is 6.91. The van der Waals surface area contributed by atoms with Crippen molar-refractivity contribution in [3.8, 4) is 0 Å². The maximum absolute atomic E-state index is 6.01. The maximum atomic E-state index is 6.01. The van der Waals surface area contributed by atoms with Crippen LogP contribution in [0.15, 0.2) is 70.0 Å². The summed E-state index contributed by atoms with van der Waals surface area (Å²) < 4.78 is 0. The molecule has 0 bridgehead atoms. The first-order chi connectivity index (χ1) is 11.7. The Bertz CT molecular complexity index is 941. The topological polar surface area (TPSA) is 36.8 Å². The van der Waals surface area contributed by atoms with Crippen LogP contribution >= 0.6 is 22.9 Å². The van der Waals surface area contributed by atoms with Gasteiger partial charge in [-0.05, 0) is 60.3 Å². The quantitative estimate of drug-likeness (QED) is 0.635. The van der Waals surface area contributed by atoms with Crippen LogP contribution in [0.5, 0.6) is 0 Å². The van der Waals surface area contributed by atoms with Crippen molar-refractivity contribution < 1.29 is 0 Å². The number of nitrogens with one attached hydrogen (secondary N) is 1. The van der Waals surface area contributed by atoms with Crippen LogP contribution in [0.3, 0.4) is 0 Å². The van der Waals surface area contributed by atoms with Gasteiger partial charge in [-0.2, -0.15) is 0 Å². The lowest BCUT2D eigenvalue weighted by molar-refractivity contribution is 1.43. The third kappa shape index (κ3) is 2.98. The third-order valence-corrected chi connectivity index (χ3v) is 4.83. The Labute approximate surface area is 149 Å². The van der Waals surface area contributed by atoms with Gasteiger partial charge in [0.1, 0.15) is 5.84 Å². The first kappa shape index (κ1) is 15.1. The molecule has 0 unspecified atom stereocenters. The number of nitrogens with zero attached hydrogens (tertiary/aromatic N) is 2. The van der Waals surface area contributed by atoms with Crippen molar-refractivity contribution in [3.05, 3.63) is 81.0 Å². The number of aliphatic imine (C=N–C) groups is 2. The fraction of sp³-hybridized carbons (Fsp3) is 0.0526. The predicted molar refractivity (Wildman–Crippen MR) is 103 cm³/mol. The van der Waals surface area contributed by atoms with Crippen molar-refractivity contribution in [1.29, 1.82) is 0 Å². The molecule has 2 aromatic carbocycles. The van der Waals surface area contributed by atoms with Crippen molar-refractivity contribution in [2.45, 2.75) is 6.92 Å². The Kier molecular flexibility index (Phi) is 3.92. The zero-order chi connectivity index (χ0) is 16.5. The van der Waals surface area contributed by atoms with E-state index in [1.165, 1.54) is 5.56 Å². The van der Waals surface area contributed by atoms with Crippen molar-refractivity contribution in [1.82, 2.24) is 0 Å². The minimum atomic E-state index is 0.705. The monoisotopic (exact) mass is 351 g/mol. The second kappa shape index (κ2) is 6.23. The smallest absolute Gasteiger partial charge is 0.172 e. The number of anilines is 1. The van der Waals surface area contributed by atoms with Crippen molar-refractivity contribution in [2.24, 2.45) is 9.98 Å². The van der Waals surface area contributed by atoms with Gasteiger partial charge in [0.2, 0.25) is 0 Å². The number of aryl methyl sites for hydroxylation is 1. The Morgan fingerprint density at radius 3 is 2.58 bits per heavy atom. The van der Waals surface area contributed by atoms with Gasteiger partial charge in [0, 0.05) is 10.6 Å². The van der Waals surface area contributed by atoms with Crippen LogP contribution in [0.2, 0.25) is 5.02 Å². The highest BCUT2D eigenvalue weighted by molar-refractivity contribution is 7.12. The second-order valence-electron chi connectivity index (χ2n) is 5.53. The fourth-order valence-electron chi connectivity index (χ4n) is 2.51. The summed E-state index contributed by atoms with van der Waals surface area (Å²) in [5, 5.41) is 6.16. The number of rotatable bonds is 2. The van der Waals surface area contributed by atoms with E-state index in [0.717, 1.165) is 27.7 Å². The van der Waals surface area contributed by atoms with E-state index in [2.05, 4.69) is 24.4 Å². The summed E-state index contributed by atoms with van der Waals surface area (Å²) in [7, 11) is 0. The molecule has 4 rings (SSSR count). The lowest BCUT2D eigenvalue weighted by Gasteiger charge is -2.10. The van der Waals surface area contributed by atoms with Crippen LogP contribution in [0, 0.1) is 6.92 Å². The molecule has 24 heavy (non-hydrogen) atoms. The molecule has 1 N–H and O–H groups in total. The molecule has 0 radical (unpaired) electrons. The highest BCUT2D eigenvalue weighted by Crippen LogP contribution is 2.30. The highest BCUT2D eigenvalue weighted by atomic mass is 35.5. The molecule has 5 heteroatoms. The SMILES string of the molecule is Cc1ccc2c(c1)NC(c1ccc(Cl)cc1)=NC(c1cccs1)=N2. The molecule has 3 nitrogen and oxygen atoms in total. The van der Waals surface area contributed by atoms with Crippen LogP contribution in [-0.2, 0) is 0 Å².